The third-order valence-electron chi connectivity index (χ3n) is 7.23. The first kappa shape index (κ1) is 26.4. The largest absolute Gasteiger partial charge is 0.471 e. The molecule has 198 valence electrons. The van der Waals surface area contributed by atoms with E-state index in [-0.39, 0.29) is 12.5 Å². The molecule has 0 saturated carbocycles. The SMILES string of the molecule is COC(=O)[C@@]1([C@H](O)COC(c2ccccc2)(c2ccccc2)c2ccccc2)N=C(c2ccccc2)OC1C. The van der Waals surface area contributed by atoms with Crippen LogP contribution in [0, 0.1) is 0 Å². The van der Waals surface area contributed by atoms with Crippen molar-refractivity contribution >= 4 is 11.9 Å². The summed E-state index contributed by atoms with van der Waals surface area (Å²) in [5.74, 6) is -0.422. The van der Waals surface area contributed by atoms with E-state index in [0.29, 0.717) is 5.56 Å². The summed E-state index contributed by atoms with van der Waals surface area (Å²) in [5.41, 5.74) is 0.560. The number of carbonyl (C=O) groups excluding carboxylic acids is 1. The average Bonchev–Trinajstić information content (AvgIpc) is 3.37. The Bertz CT molecular complexity index is 1310. The Labute approximate surface area is 228 Å². The molecule has 0 saturated heterocycles. The second-order valence-electron chi connectivity index (χ2n) is 9.47. The van der Waals surface area contributed by atoms with Crippen LogP contribution in [0.15, 0.2) is 126 Å². The number of aliphatic imine (C=N–C) groups is 1. The molecule has 1 unspecified atom stereocenters. The molecule has 1 N–H and O–H groups in total. The number of carbonyl (C=O) groups is 1. The highest BCUT2D eigenvalue weighted by molar-refractivity contribution is 5.99. The van der Waals surface area contributed by atoms with Crippen LogP contribution in [0.4, 0.5) is 0 Å². The van der Waals surface area contributed by atoms with Gasteiger partial charge in [0.25, 0.3) is 0 Å². The Morgan fingerprint density at radius 1 is 0.846 bits per heavy atom. The van der Waals surface area contributed by atoms with Crippen molar-refractivity contribution in [1.82, 2.24) is 0 Å². The van der Waals surface area contributed by atoms with Crippen molar-refractivity contribution in [1.29, 1.82) is 0 Å². The zero-order valence-electron chi connectivity index (χ0n) is 21.9. The van der Waals surface area contributed by atoms with Gasteiger partial charge in [0.15, 0.2) is 0 Å². The molecule has 3 atom stereocenters. The summed E-state index contributed by atoms with van der Waals surface area (Å²) in [6.07, 6.45) is -2.17. The van der Waals surface area contributed by atoms with Crippen molar-refractivity contribution < 1.29 is 24.1 Å². The van der Waals surface area contributed by atoms with Gasteiger partial charge in [-0.05, 0) is 35.7 Å². The van der Waals surface area contributed by atoms with E-state index in [4.69, 9.17) is 14.2 Å². The Hall–Kier alpha value is -4.26. The van der Waals surface area contributed by atoms with Gasteiger partial charge in [-0.15, -0.1) is 0 Å². The van der Waals surface area contributed by atoms with Crippen LogP contribution in [0.1, 0.15) is 29.2 Å². The minimum atomic E-state index is -1.71. The van der Waals surface area contributed by atoms with Crippen LogP contribution in [0.25, 0.3) is 0 Å². The van der Waals surface area contributed by atoms with Crippen LogP contribution >= 0.6 is 0 Å². The second-order valence-corrected chi connectivity index (χ2v) is 9.47. The summed E-state index contributed by atoms with van der Waals surface area (Å²) in [6.45, 7) is 1.48. The summed E-state index contributed by atoms with van der Waals surface area (Å²) in [6, 6.07) is 38.8. The van der Waals surface area contributed by atoms with E-state index in [1.165, 1.54) is 7.11 Å². The van der Waals surface area contributed by atoms with E-state index in [2.05, 4.69) is 4.99 Å². The summed E-state index contributed by atoms with van der Waals surface area (Å²) >= 11 is 0. The smallest absolute Gasteiger partial charge is 0.340 e. The van der Waals surface area contributed by atoms with E-state index >= 15 is 0 Å². The average molecular weight is 522 g/mol. The predicted molar refractivity (Wildman–Crippen MR) is 149 cm³/mol. The van der Waals surface area contributed by atoms with E-state index in [0.717, 1.165) is 16.7 Å². The summed E-state index contributed by atoms with van der Waals surface area (Å²) in [7, 11) is 1.28. The fourth-order valence-corrected chi connectivity index (χ4v) is 5.21. The van der Waals surface area contributed by atoms with Crippen LogP contribution < -0.4 is 0 Å². The molecule has 0 fully saturated rings. The third kappa shape index (κ3) is 4.73. The van der Waals surface area contributed by atoms with Gasteiger partial charge in [-0.1, -0.05) is 109 Å². The fourth-order valence-electron chi connectivity index (χ4n) is 5.21. The summed E-state index contributed by atoms with van der Waals surface area (Å²) in [4.78, 5) is 17.9. The van der Waals surface area contributed by atoms with Gasteiger partial charge in [-0.25, -0.2) is 9.79 Å². The molecule has 1 aliphatic rings. The number of hydrogen-bond donors (Lipinski definition) is 1. The molecule has 4 aromatic rings. The Balaban J connectivity index is 1.59. The molecule has 0 spiro atoms. The molecule has 1 heterocycles. The first-order chi connectivity index (χ1) is 19.0. The number of aliphatic hydroxyl groups excluding tert-OH is 1. The van der Waals surface area contributed by atoms with E-state index in [1.807, 2.05) is 121 Å². The number of hydrogen-bond acceptors (Lipinski definition) is 6. The molecule has 0 bridgehead atoms. The molecule has 0 amide bonds. The first-order valence-corrected chi connectivity index (χ1v) is 12.9. The number of aliphatic hydroxyl groups is 1. The highest BCUT2D eigenvalue weighted by atomic mass is 16.5. The predicted octanol–water partition coefficient (Wildman–Crippen LogP) is 5.13. The van der Waals surface area contributed by atoms with Crippen molar-refractivity contribution in [2.75, 3.05) is 13.7 Å². The Morgan fingerprint density at radius 3 is 1.72 bits per heavy atom. The monoisotopic (exact) mass is 521 g/mol. The van der Waals surface area contributed by atoms with Gasteiger partial charge in [0.2, 0.25) is 11.4 Å². The van der Waals surface area contributed by atoms with Gasteiger partial charge < -0.3 is 19.3 Å². The Kier molecular flexibility index (Phi) is 7.59. The lowest BCUT2D eigenvalue weighted by Gasteiger charge is -2.38. The number of rotatable bonds is 9. The van der Waals surface area contributed by atoms with Crippen LogP contribution in [0.5, 0.6) is 0 Å². The molecule has 5 rings (SSSR count). The van der Waals surface area contributed by atoms with Gasteiger partial charge in [0.05, 0.1) is 13.7 Å². The number of benzene rings is 4. The van der Waals surface area contributed by atoms with E-state index < -0.39 is 29.3 Å². The van der Waals surface area contributed by atoms with Crippen LogP contribution in [-0.2, 0) is 24.6 Å². The molecule has 0 radical (unpaired) electrons. The van der Waals surface area contributed by atoms with Crippen molar-refractivity contribution in [3.05, 3.63) is 144 Å². The summed E-state index contributed by atoms with van der Waals surface area (Å²) < 4.78 is 18.0. The zero-order chi connectivity index (χ0) is 27.3. The number of methoxy groups -OCH3 is 1. The van der Waals surface area contributed by atoms with E-state index in [9.17, 15) is 9.90 Å². The maximum atomic E-state index is 13.3. The van der Waals surface area contributed by atoms with Gasteiger partial charge >= 0.3 is 5.97 Å². The topological polar surface area (TPSA) is 77.4 Å². The highest BCUT2D eigenvalue weighted by Gasteiger charge is 2.57. The van der Waals surface area contributed by atoms with Crippen LogP contribution in [0.3, 0.4) is 0 Å². The maximum Gasteiger partial charge on any atom is 0.340 e. The number of esters is 1. The zero-order valence-corrected chi connectivity index (χ0v) is 21.9. The van der Waals surface area contributed by atoms with Gasteiger partial charge in [0.1, 0.15) is 17.8 Å². The first-order valence-electron chi connectivity index (χ1n) is 12.9. The lowest BCUT2D eigenvalue weighted by atomic mass is 9.79. The minimum Gasteiger partial charge on any atom is -0.471 e. The molecule has 6 nitrogen and oxygen atoms in total. The third-order valence-corrected chi connectivity index (χ3v) is 7.23. The molecule has 39 heavy (non-hydrogen) atoms. The normalized spacial score (nSPS) is 19.6. The summed E-state index contributed by atoms with van der Waals surface area (Å²) in [5, 5.41) is 11.7. The minimum absolute atomic E-state index is 0.229. The lowest BCUT2D eigenvalue weighted by molar-refractivity contribution is -0.159. The molecule has 6 heteroatoms. The molecular formula is C33H31NO5. The van der Waals surface area contributed by atoms with Crippen molar-refractivity contribution in [2.24, 2.45) is 4.99 Å². The van der Waals surface area contributed by atoms with Crippen LogP contribution in [0.2, 0.25) is 0 Å². The molecule has 0 aromatic heterocycles. The highest BCUT2D eigenvalue weighted by Crippen LogP contribution is 2.42. The Morgan fingerprint density at radius 2 is 1.28 bits per heavy atom. The second kappa shape index (κ2) is 11.2. The lowest BCUT2D eigenvalue weighted by Crippen LogP contribution is -2.57. The fraction of sp³-hybridized carbons (Fsp3) is 0.212. The molecule has 0 aliphatic carbocycles. The van der Waals surface area contributed by atoms with Gasteiger partial charge in [-0.2, -0.15) is 0 Å². The van der Waals surface area contributed by atoms with Crippen LogP contribution in [-0.4, -0.2) is 48.4 Å². The maximum absolute atomic E-state index is 13.3. The number of ether oxygens (including phenoxy) is 3. The standard InChI is InChI=1S/C33H31NO5/c1-24-32(31(36)37-2,34-30(39-24)25-15-7-3-8-16-25)29(35)23-38-33(26-17-9-4-10-18-26,27-19-11-5-12-20-27)28-21-13-6-14-22-28/h3-22,24,29,35H,23H2,1-2H3/t24?,29-,32-/m1/s1. The van der Waals surface area contributed by atoms with E-state index in [1.54, 1.807) is 6.92 Å². The molecular weight excluding hydrogens is 490 g/mol. The molecule has 4 aromatic carbocycles. The van der Waals surface area contributed by atoms with Crippen molar-refractivity contribution in [3.63, 3.8) is 0 Å². The van der Waals surface area contributed by atoms with Crippen molar-refractivity contribution in [3.8, 4) is 0 Å². The quantitative estimate of drug-likeness (QED) is 0.244. The molecule has 1 aliphatic heterocycles. The van der Waals surface area contributed by atoms with Gasteiger partial charge in [-0.3, -0.25) is 0 Å². The van der Waals surface area contributed by atoms with Gasteiger partial charge in [0, 0.05) is 5.56 Å². The number of nitrogens with zero attached hydrogens (tertiary/aromatic N) is 1. The van der Waals surface area contributed by atoms with Crippen molar-refractivity contribution in [2.45, 2.75) is 30.3 Å².